The fourth-order valence-electron chi connectivity index (χ4n) is 1.28. The van der Waals surface area contributed by atoms with E-state index in [0.717, 1.165) is 12.0 Å². The van der Waals surface area contributed by atoms with Crippen LogP contribution in [0.15, 0.2) is 36.9 Å². The molecule has 4 heteroatoms. The molecule has 2 N–H and O–H groups in total. The molecule has 0 fully saturated rings. The molecule has 2 aromatic rings. The molecule has 0 aliphatic heterocycles. The number of rotatable bonds is 2. The van der Waals surface area contributed by atoms with Gasteiger partial charge in [-0.1, -0.05) is 16.9 Å². The predicted octanol–water partition coefficient (Wildman–Crippen LogP) is 0.898. The van der Waals surface area contributed by atoms with Crippen LogP contribution in [0.1, 0.15) is 12.5 Å². The zero-order chi connectivity index (χ0) is 10.7. The van der Waals surface area contributed by atoms with Gasteiger partial charge in [-0.25, -0.2) is 4.57 Å². The monoisotopic (exact) mass is 201 g/mol. The quantitative estimate of drug-likeness (QED) is 0.734. The van der Waals surface area contributed by atoms with Crippen LogP contribution in [-0.2, 0) is 6.42 Å². The van der Waals surface area contributed by atoms with Gasteiger partial charge in [-0.05, 0) is 18.6 Å². The van der Waals surface area contributed by atoms with Crippen molar-refractivity contribution in [3.8, 4) is 5.95 Å². The van der Waals surface area contributed by atoms with E-state index in [-0.39, 0.29) is 0 Å². The highest BCUT2D eigenvalue weighted by Gasteiger charge is 2.08. The minimum absolute atomic E-state index is 0.638. The van der Waals surface area contributed by atoms with Crippen molar-refractivity contribution in [2.24, 2.45) is 0 Å². The zero-order valence-corrected chi connectivity index (χ0v) is 8.59. The number of nitrogens with zero attached hydrogens (tertiary/aromatic N) is 3. The number of anilines is 1. The van der Waals surface area contributed by atoms with Crippen molar-refractivity contribution < 1.29 is 4.57 Å². The smallest absolute Gasteiger partial charge is 0.396 e. The second kappa shape index (κ2) is 4.04. The van der Waals surface area contributed by atoms with Gasteiger partial charge in [0.15, 0.2) is 0 Å². The third-order valence-corrected chi connectivity index (χ3v) is 2.15. The molecule has 0 amide bonds. The summed E-state index contributed by atoms with van der Waals surface area (Å²) in [6.07, 6.45) is 8.27. The Kier molecular flexibility index (Phi) is 2.58. The largest absolute Gasteiger partial charge is 0.437 e. The van der Waals surface area contributed by atoms with Gasteiger partial charge in [0.1, 0.15) is 12.4 Å². The Labute approximate surface area is 88.4 Å². The number of pyridine rings is 1. The predicted molar refractivity (Wildman–Crippen MR) is 57.4 cm³/mol. The molecule has 2 aromatic heterocycles. The van der Waals surface area contributed by atoms with Crippen molar-refractivity contribution in [1.29, 1.82) is 0 Å². The Morgan fingerprint density at radius 3 is 2.67 bits per heavy atom. The lowest BCUT2D eigenvalue weighted by atomic mass is 10.3. The molecule has 0 spiro atoms. The molecule has 0 aromatic carbocycles. The maximum Gasteiger partial charge on any atom is 0.437 e. The van der Waals surface area contributed by atoms with Gasteiger partial charge in [-0.2, -0.15) is 0 Å². The lowest BCUT2D eigenvalue weighted by Gasteiger charge is -1.96. The molecule has 76 valence electrons. The van der Waals surface area contributed by atoms with Crippen LogP contribution in [0, 0.1) is 0 Å². The number of aromatic nitrogens is 3. The van der Waals surface area contributed by atoms with Crippen LogP contribution in [0.25, 0.3) is 5.95 Å². The average molecular weight is 201 g/mol. The number of hydrogen-bond donors (Lipinski definition) is 1. The molecule has 0 unspecified atom stereocenters. The minimum Gasteiger partial charge on any atom is -0.396 e. The first-order valence-electron chi connectivity index (χ1n) is 4.87. The Balaban J connectivity index is 2.37. The molecule has 0 saturated heterocycles. The number of hydrogen-bond acceptors (Lipinski definition) is 3. The Morgan fingerprint density at radius 1 is 1.33 bits per heavy atom. The highest BCUT2D eigenvalue weighted by molar-refractivity contribution is 5.31. The zero-order valence-electron chi connectivity index (χ0n) is 8.59. The van der Waals surface area contributed by atoms with Crippen molar-refractivity contribution >= 4 is 5.69 Å². The Hall–Kier alpha value is -1.97. The van der Waals surface area contributed by atoms with Crippen molar-refractivity contribution in [1.82, 2.24) is 9.97 Å². The summed E-state index contributed by atoms with van der Waals surface area (Å²) in [5.74, 6) is 0.638. The molecule has 0 radical (unpaired) electrons. The maximum absolute atomic E-state index is 5.68. The molecular weight excluding hydrogens is 188 g/mol. The van der Waals surface area contributed by atoms with Crippen molar-refractivity contribution in [3.63, 3.8) is 0 Å². The topological polar surface area (TPSA) is 55.7 Å². The second-order valence-corrected chi connectivity index (χ2v) is 3.29. The molecule has 15 heavy (non-hydrogen) atoms. The van der Waals surface area contributed by atoms with Crippen LogP contribution < -0.4 is 10.3 Å². The number of nitrogens with two attached hydrogens (primary N) is 1. The molecule has 0 bridgehead atoms. The standard InChI is InChI=1S/C11H13N4/c1-2-9-6-13-11(14-7-9)15-5-3-4-10(12)8-15/h3-8H,2,12H2,1H3/q+1. The fourth-order valence-corrected chi connectivity index (χ4v) is 1.28. The van der Waals surface area contributed by atoms with Crippen LogP contribution in [-0.4, -0.2) is 9.97 Å². The van der Waals surface area contributed by atoms with E-state index in [2.05, 4.69) is 16.9 Å². The van der Waals surface area contributed by atoms with Crippen molar-refractivity contribution in [2.75, 3.05) is 5.73 Å². The van der Waals surface area contributed by atoms with Gasteiger partial charge in [0, 0.05) is 5.56 Å². The fraction of sp³-hybridized carbons (Fsp3) is 0.182. The molecule has 0 aliphatic carbocycles. The normalized spacial score (nSPS) is 10.2. The van der Waals surface area contributed by atoms with Gasteiger partial charge >= 0.3 is 5.95 Å². The number of nitrogen functional groups attached to an aromatic ring is 1. The lowest BCUT2D eigenvalue weighted by molar-refractivity contribution is -0.603. The maximum atomic E-state index is 5.68. The molecule has 0 atom stereocenters. The third kappa shape index (κ3) is 2.10. The summed E-state index contributed by atoms with van der Waals surface area (Å²) < 4.78 is 1.80. The average Bonchev–Trinajstić information content (AvgIpc) is 2.29. The van der Waals surface area contributed by atoms with Crippen LogP contribution in [0.4, 0.5) is 5.69 Å². The van der Waals surface area contributed by atoms with Crippen LogP contribution in [0.3, 0.4) is 0 Å². The van der Waals surface area contributed by atoms with E-state index in [4.69, 9.17) is 5.73 Å². The van der Waals surface area contributed by atoms with Gasteiger partial charge in [-0.3, -0.25) is 0 Å². The van der Waals surface area contributed by atoms with Gasteiger partial charge in [-0.15, -0.1) is 0 Å². The van der Waals surface area contributed by atoms with Gasteiger partial charge in [0.05, 0.1) is 18.1 Å². The lowest BCUT2D eigenvalue weighted by Crippen LogP contribution is -2.32. The molecule has 0 aliphatic rings. The highest BCUT2D eigenvalue weighted by atomic mass is 15.1. The Bertz CT molecular complexity index is 450. The van der Waals surface area contributed by atoms with E-state index in [1.807, 2.05) is 30.7 Å². The van der Waals surface area contributed by atoms with Gasteiger partial charge < -0.3 is 5.73 Å². The summed E-state index contributed by atoms with van der Waals surface area (Å²) in [7, 11) is 0. The van der Waals surface area contributed by atoms with Crippen LogP contribution >= 0.6 is 0 Å². The molecule has 0 saturated carbocycles. The summed E-state index contributed by atoms with van der Waals surface area (Å²) in [6, 6.07) is 3.70. The van der Waals surface area contributed by atoms with E-state index < -0.39 is 0 Å². The minimum atomic E-state index is 0.638. The molecule has 2 heterocycles. The van der Waals surface area contributed by atoms with Crippen molar-refractivity contribution in [2.45, 2.75) is 13.3 Å². The summed E-state index contributed by atoms with van der Waals surface area (Å²) in [5.41, 5.74) is 7.50. The van der Waals surface area contributed by atoms with Crippen molar-refractivity contribution in [3.05, 3.63) is 42.5 Å². The SMILES string of the molecule is CCc1cnc(-[n+]2cccc(N)c2)nc1. The summed E-state index contributed by atoms with van der Waals surface area (Å²) in [4.78, 5) is 8.51. The van der Waals surface area contributed by atoms with Crippen LogP contribution in [0.2, 0.25) is 0 Å². The first kappa shape index (κ1) is 9.58. The van der Waals surface area contributed by atoms with E-state index in [0.29, 0.717) is 11.6 Å². The summed E-state index contributed by atoms with van der Waals surface area (Å²) in [5, 5.41) is 0. The molecular formula is C11H13N4+. The molecule has 4 nitrogen and oxygen atoms in total. The van der Waals surface area contributed by atoms with Crippen LogP contribution in [0.5, 0.6) is 0 Å². The first-order chi connectivity index (χ1) is 7.29. The van der Waals surface area contributed by atoms with E-state index >= 15 is 0 Å². The molecule has 2 rings (SSSR count). The van der Waals surface area contributed by atoms with E-state index in [1.165, 1.54) is 0 Å². The second-order valence-electron chi connectivity index (χ2n) is 3.29. The van der Waals surface area contributed by atoms with Gasteiger partial charge in [0.2, 0.25) is 0 Å². The first-order valence-corrected chi connectivity index (χ1v) is 4.87. The van der Waals surface area contributed by atoms with E-state index in [9.17, 15) is 0 Å². The third-order valence-electron chi connectivity index (χ3n) is 2.15. The highest BCUT2D eigenvalue weighted by Crippen LogP contribution is 1.98. The Morgan fingerprint density at radius 2 is 2.07 bits per heavy atom. The van der Waals surface area contributed by atoms with E-state index in [1.54, 1.807) is 10.8 Å². The summed E-state index contributed by atoms with van der Waals surface area (Å²) in [6.45, 7) is 2.08. The number of aryl methyl sites for hydroxylation is 1. The summed E-state index contributed by atoms with van der Waals surface area (Å²) >= 11 is 0. The van der Waals surface area contributed by atoms with Gasteiger partial charge in [0.25, 0.3) is 0 Å².